The highest BCUT2D eigenvalue weighted by molar-refractivity contribution is 9.10. The molecule has 0 spiro atoms. The fourth-order valence-corrected chi connectivity index (χ4v) is 7.74. The zero-order valence-corrected chi connectivity index (χ0v) is 28.6. The minimum Gasteiger partial charge on any atom is -0.465 e. The van der Waals surface area contributed by atoms with Crippen LogP contribution in [0, 0.1) is 0 Å². The van der Waals surface area contributed by atoms with E-state index in [0.29, 0.717) is 34.0 Å². The maximum Gasteiger partial charge on any atom is 0.361 e. The van der Waals surface area contributed by atoms with Crippen LogP contribution in [-0.2, 0) is 36.1 Å². The van der Waals surface area contributed by atoms with Gasteiger partial charge in [0, 0.05) is 27.5 Å². The monoisotopic (exact) mass is 777 g/mol. The molecular weight excluding hydrogens is 754 g/mol. The van der Waals surface area contributed by atoms with Gasteiger partial charge in [-0.3, -0.25) is 14.3 Å². The van der Waals surface area contributed by atoms with E-state index < -0.39 is 40.6 Å². The van der Waals surface area contributed by atoms with E-state index in [2.05, 4.69) is 20.9 Å². The average Bonchev–Trinajstić information content (AvgIpc) is 3.48. The van der Waals surface area contributed by atoms with Gasteiger partial charge in [0.05, 0.1) is 34.3 Å². The highest BCUT2D eigenvalue weighted by Gasteiger charge is 2.54. The molecule has 0 radical (unpaired) electrons. The van der Waals surface area contributed by atoms with Crippen LogP contribution < -0.4 is 9.99 Å². The average molecular weight is 779 g/mol. The van der Waals surface area contributed by atoms with Crippen LogP contribution in [0.15, 0.2) is 80.6 Å². The smallest absolute Gasteiger partial charge is 0.361 e. The van der Waals surface area contributed by atoms with Gasteiger partial charge in [0.2, 0.25) is 0 Å². The summed E-state index contributed by atoms with van der Waals surface area (Å²) < 4.78 is 78.2. The minimum atomic E-state index is -5.45. The molecule has 46 heavy (non-hydrogen) atoms. The van der Waals surface area contributed by atoms with Crippen molar-refractivity contribution in [2.45, 2.75) is 36.0 Å². The predicted octanol–water partition coefficient (Wildman–Crippen LogP) is 7.68. The Hall–Kier alpha value is -2.84. The van der Waals surface area contributed by atoms with Crippen molar-refractivity contribution in [3.63, 3.8) is 0 Å². The molecule has 0 bridgehead atoms. The molecule has 2 unspecified atom stereocenters. The molecule has 1 saturated heterocycles. The SMILES string of the molecule is CS(=O)(=O)c1ccc(-c2cnc(N(Cc3ccc(C(F)(F)P(=O)(O)NC4CCCOC4=O)c(Br)c3)c3ccc(Cl)c(Cl)c3)o2)cc1. The van der Waals surface area contributed by atoms with Crippen molar-refractivity contribution in [2.75, 3.05) is 17.8 Å². The maximum atomic E-state index is 15.5. The fraction of sp³-hybridized carbons (Fsp3) is 0.241. The van der Waals surface area contributed by atoms with Gasteiger partial charge in [-0.15, -0.1) is 0 Å². The highest BCUT2D eigenvalue weighted by Crippen LogP contribution is 2.61. The maximum absolute atomic E-state index is 15.5. The van der Waals surface area contributed by atoms with Crippen LogP contribution >= 0.6 is 46.7 Å². The van der Waals surface area contributed by atoms with E-state index in [1.165, 1.54) is 30.5 Å². The number of ether oxygens (including phenoxy) is 1. The summed E-state index contributed by atoms with van der Waals surface area (Å²) in [6, 6.07) is 13.3. The molecule has 2 atom stereocenters. The first-order valence-corrected chi connectivity index (χ1v) is 18.6. The first-order valence-electron chi connectivity index (χ1n) is 13.5. The first kappa shape index (κ1) is 34.5. The van der Waals surface area contributed by atoms with Crippen molar-refractivity contribution < 1.29 is 40.6 Å². The van der Waals surface area contributed by atoms with Crippen LogP contribution in [0.4, 0.5) is 20.5 Å². The topological polar surface area (TPSA) is 139 Å². The van der Waals surface area contributed by atoms with Gasteiger partial charge in [-0.2, -0.15) is 8.78 Å². The van der Waals surface area contributed by atoms with Gasteiger partial charge in [-0.1, -0.05) is 51.3 Å². The molecule has 0 amide bonds. The number of esters is 1. The number of aromatic nitrogens is 1. The van der Waals surface area contributed by atoms with Crippen LogP contribution in [0.25, 0.3) is 11.3 Å². The molecule has 2 N–H and O–H groups in total. The zero-order chi connectivity index (χ0) is 33.4. The Morgan fingerprint density at radius 2 is 1.85 bits per heavy atom. The lowest BCUT2D eigenvalue weighted by Gasteiger charge is -2.29. The lowest BCUT2D eigenvalue weighted by molar-refractivity contribution is -0.149. The minimum absolute atomic E-state index is 0.0122. The number of nitrogens with one attached hydrogen (secondary N) is 1. The molecule has 244 valence electrons. The first-order chi connectivity index (χ1) is 21.6. The zero-order valence-electron chi connectivity index (χ0n) is 23.8. The Bertz CT molecular complexity index is 1950. The number of carbonyl (C=O) groups is 1. The Kier molecular flexibility index (Phi) is 10.0. The Morgan fingerprint density at radius 3 is 2.48 bits per heavy atom. The third-order valence-corrected chi connectivity index (χ3v) is 11.3. The van der Waals surface area contributed by atoms with Gasteiger partial charge in [-0.25, -0.2) is 18.5 Å². The number of benzene rings is 3. The lowest BCUT2D eigenvalue weighted by atomic mass is 10.1. The standard InChI is InChI=1S/C29H25BrCl2F2N3O7PS/c1-46(41,42)20-8-5-18(6-9-20)26-15-35-28(44-26)37(19-7-11-23(31)24(32)14-19)16-17-4-10-21(22(30)13-17)29(33,34)45(39,40)36-25-3-2-12-43-27(25)38/h4-11,13-15,25H,2-3,12,16H2,1H3,(H2,36,39,40). The van der Waals surface area contributed by atoms with Gasteiger partial charge < -0.3 is 14.0 Å². The number of halogens is 5. The molecule has 0 aliphatic carbocycles. The van der Waals surface area contributed by atoms with Gasteiger partial charge in [0.15, 0.2) is 15.6 Å². The molecule has 0 saturated carbocycles. The van der Waals surface area contributed by atoms with Crippen molar-refractivity contribution in [3.8, 4) is 11.3 Å². The van der Waals surface area contributed by atoms with Gasteiger partial charge >= 0.3 is 25.2 Å². The van der Waals surface area contributed by atoms with Gasteiger partial charge in [0.25, 0.3) is 0 Å². The number of cyclic esters (lactones) is 1. The summed E-state index contributed by atoms with van der Waals surface area (Å²) >= 11 is 15.5. The molecule has 2 heterocycles. The molecule has 3 aromatic carbocycles. The summed E-state index contributed by atoms with van der Waals surface area (Å²) in [7, 11) is -8.85. The molecule has 5 rings (SSSR count). The number of anilines is 2. The number of rotatable bonds is 10. The van der Waals surface area contributed by atoms with Gasteiger partial charge in [0.1, 0.15) is 6.04 Å². The molecule has 17 heteroatoms. The van der Waals surface area contributed by atoms with Gasteiger partial charge in [-0.05, 0) is 66.9 Å². The Morgan fingerprint density at radius 1 is 1.13 bits per heavy atom. The number of carbonyl (C=O) groups excluding carboxylic acids is 1. The van der Waals surface area contributed by atoms with Crippen LogP contribution in [0.3, 0.4) is 0 Å². The number of hydrogen-bond acceptors (Lipinski definition) is 8. The van der Waals surface area contributed by atoms with Crippen molar-refractivity contribution in [1.29, 1.82) is 0 Å². The summed E-state index contributed by atoms with van der Waals surface area (Å²) in [5.41, 5.74) is -3.53. The molecule has 4 aromatic rings. The normalized spacial score (nSPS) is 16.9. The molecular formula is C29H25BrCl2F2N3O7PS. The third kappa shape index (κ3) is 7.33. The van der Waals surface area contributed by atoms with E-state index in [0.717, 1.165) is 12.3 Å². The molecule has 1 aliphatic heterocycles. The lowest BCUT2D eigenvalue weighted by Crippen LogP contribution is -2.42. The second kappa shape index (κ2) is 13.3. The van der Waals surface area contributed by atoms with E-state index in [1.807, 2.05) is 5.09 Å². The molecule has 10 nitrogen and oxygen atoms in total. The van der Waals surface area contributed by atoms with Crippen molar-refractivity contribution in [3.05, 3.63) is 92.5 Å². The quantitative estimate of drug-likeness (QED) is 0.122. The number of nitrogens with zero attached hydrogens (tertiary/aromatic N) is 2. The second-order valence-corrected chi connectivity index (χ2v) is 16.1. The van der Waals surface area contributed by atoms with Crippen molar-refractivity contribution in [2.24, 2.45) is 0 Å². The number of oxazole rings is 1. The number of sulfone groups is 1. The summed E-state index contributed by atoms with van der Waals surface area (Å²) in [6.45, 7) is 0.126. The summed E-state index contributed by atoms with van der Waals surface area (Å²) in [5.74, 6) is -0.543. The summed E-state index contributed by atoms with van der Waals surface area (Å²) in [4.78, 5) is 28.4. The Labute approximate surface area is 281 Å². The van der Waals surface area contributed by atoms with E-state index in [4.69, 9.17) is 32.4 Å². The Balaban J connectivity index is 1.45. The highest BCUT2D eigenvalue weighted by atomic mass is 79.9. The van der Waals surface area contributed by atoms with Crippen molar-refractivity contribution >= 4 is 74.2 Å². The van der Waals surface area contributed by atoms with Crippen LogP contribution in [-0.4, -0.2) is 43.2 Å². The van der Waals surface area contributed by atoms with Crippen LogP contribution in [0.1, 0.15) is 24.0 Å². The third-order valence-electron chi connectivity index (χ3n) is 7.08. The van der Waals surface area contributed by atoms with E-state index >= 15 is 8.78 Å². The predicted molar refractivity (Wildman–Crippen MR) is 172 cm³/mol. The van der Waals surface area contributed by atoms with E-state index in [-0.39, 0.29) is 40.0 Å². The molecule has 1 aliphatic rings. The van der Waals surface area contributed by atoms with Crippen LogP contribution in [0.5, 0.6) is 0 Å². The molecule has 1 fully saturated rings. The van der Waals surface area contributed by atoms with Crippen LogP contribution in [0.2, 0.25) is 10.0 Å². The summed E-state index contributed by atoms with van der Waals surface area (Å²) in [6.07, 6.45) is 3.00. The fourth-order valence-electron chi connectivity index (χ4n) is 4.65. The number of hydrogen-bond donors (Lipinski definition) is 2. The number of alkyl halides is 2. The van der Waals surface area contributed by atoms with E-state index in [9.17, 15) is 22.7 Å². The van der Waals surface area contributed by atoms with Crippen molar-refractivity contribution in [1.82, 2.24) is 10.1 Å². The second-order valence-electron chi connectivity index (χ2n) is 10.4. The molecule has 1 aromatic heterocycles. The van der Waals surface area contributed by atoms with E-state index in [1.54, 1.807) is 35.2 Å². The largest absolute Gasteiger partial charge is 0.465 e. The summed E-state index contributed by atoms with van der Waals surface area (Å²) in [5, 5.41) is 2.45.